The van der Waals surface area contributed by atoms with Gasteiger partial charge < -0.3 is 14.2 Å². The minimum Gasteiger partial charge on any atom is -0.468 e. The van der Waals surface area contributed by atoms with Gasteiger partial charge >= 0.3 is 17.9 Å². The number of carbonyl (C=O) groups excluding carboxylic acids is 3. The molecule has 1 atom stereocenters. The first-order valence-corrected chi connectivity index (χ1v) is 15.4. The van der Waals surface area contributed by atoms with Crippen LogP contribution in [-0.4, -0.2) is 55.2 Å². The molecule has 41 heavy (non-hydrogen) atoms. The molecule has 1 aliphatic heterocycles. The van der Waals surface area contributed by atoms with Crippen molar-refractivity contribution in [2.24, 2.45) is 0 Å². The zero-order chi connectivity index (χ0) is 30.2. The summed E-state index contributed by atoms with van der Waals surface area (Å²) in [5.41, 5.74) is 1.81. The summed E-state index contributed by atoms with van der Waals surface area (Å²) >= 11 is 7.77. The summed E-state index contributed by atoms with van der Waals surface area (Å²) in [6, 6.07) is 14.8. The fourth-order valence-electron chi connectivity index (χ4n) is 4.16. The van der Waals surface area contributed by atoms with E-state index in [1.165, 1.54) is 31.4 Å². The number of para-hydroxylation sites is 1. The Hall–Kier alpha value is -3.29. The molecule has 0 fully saturated rings. The minimum absolute atomic E-state index is 0.132. The first-order valence-electron chi connectivity index (χ1n) is 12.6. The highest BCUT2D eigenvalue weighted by atomic mass is 35.5. The Labute approximate surface area is 247 Å². The molecule has 1 aromatic heterocycles. The number of carbonyl (C=O) groups is 3. The third kappa shape index (κ3) is 9.10. The standard InChI is InChI=1S/C25H22ClNO6S.C3H8O3S/c1-15(28)32-20-10-6-4-8-18(20)24(29)33-22-13-16-14-27(12-11-21(16)34-22)23(25(30)31-2)17-7-3-5-9-19(17)26;1-2-3-7(4,5)6/h3-10,13,23H,11-12,14H2,1-2H3;2-3H2,1H3,(H,4,5,6). The second kappa shape index (κ2) is 14.6. The lowest BCUT2D eigenvalue weighted by Crippen LogP contribution is -2.38. The van der Waals surface area contributed by atoms with Crippen LogP contribution in [0.2, 0.25) is 5.02 Å². The molecule has 0 saturated heterocycles. The van der Waals surface area contributed by atoms with Gasteiger partial charge in [0.25, 0.3) is 10.1 Å². The van der Waals surface area contributed by atoms with Crippen LogP contribution in [0.4, 0.5) is 0 Å². The van der Waals surface area contributed by atoms with Gasteiger partial charge in [0.1, 0.15) is 17.4 Å². The lowest BCUT2D eigenvalue weighted by molar-refractivity contribution is -0.147. The Kier molecular flexibility index (Phi) is 11.4. The lowest BCUT2D eigenvalue weighted by atomic mass is 10.0. The van der Waals surface area contributed by atoms with Crippen LogP contribution < -0.4 is 9.47 Å². The number of thiophene rings is 1. The number of halogens is 1. The Balaban J connectivity index is 0.000000587. The molecule has 3 aromatic rings. The smallest absolute Gasteiger partial charge is 0.348 e. The molecule has 0 saturated carbocycles. The molecular formula is C28H30ClNO9S2. The molecule has 1 N–H and O–H groups in total. The van der Waals surface area contributed by atoms with Gasteiger partial charge in [-0.1, -0.05) is 48.9 Å². The van der Waals surface area contributed by atoms with Crippen molar-refractivity contribution in [3.05, 3.63) is 81.2 Å². The van der Waals surface area contributed by atoms with Crippen LogP contribution in [0.25, 0.3) is 0 Å². The Morgan fingerprint density at radius 1 is 1.10 bits per heavy atom. The molecule has 0 amide bonds. The summed E-state index contributed by atoms with van der Waals surface area (Å²) in [5, 5.41) is 0.928. The van der Waals surface area contributed by atoms with Gasteiger partial charge in [-0.15, -0.1) is 11.3 Å². The van der Waals surface area contributed by atoms with E-state index in [0.717, 1.165) is 10.4 Å². The van der Waals surface area contributed by atoms with E-state index in [4.69, 9.17) is 30.4 Å². The largest absolute Gasteiger partial charge is 0.468 e. The van der Waals surface area contributed by atoms with Crippen molar-refractivity contribution in [2.45, 2.75) is 39.3 Å². The van der Waals surface area contributed by atoms with Crippen molar-refractivity contribution < 1.29 is 41.6 Å². The number of fused-ring (bicyclic) bond motifs is 1. The van der Waals surface area contributed by atoms with E-state index in [2.05, 4.69) is 0 Å². The van der Waals surface area contributed by atoms with Crippen LogP contribution in [0.3, 0.4) is 0 Å². The van der Waals surface area contributed by atoms with E-state index < -0.39 is 28.1 Å². The zero-order valence-electron chi connectivity index (χ0n) is 22.7. The van der Waals surface area contributed by atoms with Gasteiger partial charge in [-0.25, -0.2) is 9.59 Å². The summed E-state index contributed by atoms with van der Waals surface area (Å²) < 4.78 is 43.3. The number of nitrogens with zero attached hydrogens (tertiary/aromatic N) is 1. The number of hydrogen-bond donors (Lipinski definition) is 1. The summed E-state index contributed by atoms with van der Waals surface area (Å²) in [6.45, 7) is 4.04. The molecular weight excluding hydrogens is 594 g/mol. The van der Waals surface area contributed by atoms with Crippen LogP contribution in [0.15, 0.2) is 54.6 Å². The second-order valence-corrected chi connectivity index (χ2v) is 12.0. The van der Waals surface area contributed by atoms with Gasteiger partial charge in [0.2, 0.25) is 0 Å². The van der Waals surface area contributed by atoms with Crippen LogP contribution >= 0.6 is 22.9 Å². The quantitative estimate of drug-likeness (QED) is 0.205. The summed E-state index contributed by atoms with van der Waals surface area (Å²) in [4.78, 5) is 39.8. The highest BCUT2D eigenvalue weighted by molar-refractivity contribution is 7.85. The first-order chi connectivity index (χ1) is 19.4. The molecule has 2 aromatic carbocycles. The van der Waals surface area contributed by atoms with Crippen molar-refractivity contribution in [3.8, 4) is 10.8 Å². The normalized spacial score (nSPS) is 13.7. The molecule has 0 spiro atoms. The molecule has 2 heterocycles. The molecule has 1 unspecified atom stereocenters. The monoisotopic (exact) mass is 623 g/mol. The molecule has 4 rings (SSSR count). The number of ether oxygens (including phenoxy) is 3. The molecule has 220 valence electrons. The summed E-state index contributed by atoms with van der Waals surface area (Å²) in [7, 11) is -2.32. The van der Waals surface area contributed by atoms with E-state index in [-0.39, 0.29) is 23.0 Å². The highest BCUT2D eigenvalue weighted by Gasteiger charge is 2.33. The average Bonchev–Trinajstić information content (AvgIpc) is 3.31. The highest BCUT2D eigenvalue weighted by Crippen LogP contribution is 2.38. The number of rotatable bonds is 8. The molecule has 13 heteroatoms. The van der Waals surface area contributed by atoms with Crippen molar-refractivity contribution in [1.29, 1.82) is 0 Å². The van der Waals surface area contributed by atoms with Gasteiger partial charge in [0.05, 0.1) is 12.9 Å². The Morgan fingerprint density at radius 2 is 1.78 bits per heavy atom. The van der Waals surface area contributed by atoms with Gasteiger partial charge in [-0.3, -0.25) is 14.2 Å². The predicted molar refractivity (Wildman–Crippen MR) is 154 cm³/mol. The topological polar surface area (TPSA) is 137 Å². The third-order valence-electron chi connectivity index (χ3n) is 5.88. The molecule has 0 radical (unpaired) electrons. The van der Waals surface area contributed by atoms with E-state index in [1.54, 1.807) is 37.3 Å². The van der Waals surface area contributed by atoms with Crippen LogP contribution in [0.5, 0.6) is 10.8 Å². The summed E-state index contributed by atoms with van der Waals surface area (Å²) in [5.74, 6) is -1.51. The van der Waals surface area contributed by atoms with Gasteiger partial charge in [0.15, 0.2) is 5.06 Å². The number of hydrogen-bond acceptors (Lipinski definition) is 10. The molecule has 0 aliphatic carbocycles. The maximum Gasteiger partial charge on any atom is 0.348 e. The number of methoxy groups -OCH3 is 1. The Bertz CT molecular complexity index is 1500. The number of esters is 3. The number of benzene rings is 2. The van der Waals surface area contributed by atoms with E-state index in [0.29, 0.717) is 41.6 Å². The van der Waals surface area contributed by atoms with Gasteiger partial charge in [-0.05, 0) is 48.2 Å². The van der Waals surface area contributed by atoms with E-state index >= 15 is 0 Å². The first kappa shape index (κ1) is 32.2. The maximum atomic E-state index is 12.8. The fourth-order valence-corrected chi connectivity index (χ4v) is 5.93. The fraction of sp³-hybridized carbons (Fsp3) is 0.321. The van der Waals surface area contributed by atoms with Crippen LogP contribution in [-0.2, 0) is 37.4 Å². The zero-order valence-corrected chi connectivity index (χ0v) is 25.1. The van der Waals surface area contributed by atoms with Crippen molar-refractivity contribution in [2.75, 3.05) is 19.4 Å². The SMILES string of the molecule is CCCS(=O)(=O)O.COC(=O)C(c1ccccc1Cl)N1CCc2sc(OC(=O)c3ccccc3OC(C)=O)cc2C1. The average molecular weight is 624 g/mol. The van der Waals surface area contributed by atoms with Crippen LogP contribution in [0.1, 0.15) is 52.7 Å². The lowest BCUT2D eigenvalue weighted by Gasteiger charge is -2.33. The maximum absolute atomic E-state index is 12.8. The Morgan fingerprint density at radius 3 is 2.39 bits per heavy atom. The van der Waals surface area contributed by atoms with E-state index in [9.17, 15) is 22.8 Å². The molecule has 0 bridgehead atoms. The molecule has 10 nitrogen and oxygen atoms in total. The summed E-state index contributed by atoms with van der Waals surface area (Å²) in [6.07, 6.45) is 1.15. The van der Waals surface area contributed by atoms with Crippen molar-refractivity contribution >= 4 is 51.0 Å². The minimum atomic E-state index is -3.67. The van der Waals surface area contributed by atoms with Crippen molar-refractivity contribution in [1.82, 2.24) is 4.90 Å². The van der Waals surface area contributed by atoms with E-state index in [1.807, 2.05) is 23.1 Å². The molecule has 1 aliphatic rings. The third-order valence-corrected chi connectivity index (χ3v) is 8.26. The van der Waals surface area contributed by atoms with Gasteiger partial charge in [-0.2, -0.15) is 8.42 Å². The van der Waals surface area contributed by atoms with Gasteiger partial charge in [0, 0.05) is 29.9 Å². The second-order valence-electron chi connectivity index (χ2n) is 8.95. The van der Waals surface area contributed by atoms with Crippen molar-refractivity contribution in [3.63, 3.8) is 0 Å². The predicted octanol–water partition coefficient (Wildman–Crippen LogP) is 5.10. The van der Waals surface area contributed by atoms with Crippen LogP contribution in [0, 0.1) is 0 Å².